The summed E-state index contributed by atoms with van der Waals surface area (Å²) in [6, 6.07) is 8.00. The number of amides is 2. The molecule has 0 radical (unpaired) electrons. The van der Waals surface area contributed by atoms with E-state index in [9.17, 15) is 18.0 Å². The molecular weight excluding hydrogens is 455 g/mol. The Labute approximate surface area is 200 Å². The fraction of sp³-hybridized carbons (Fsp3) is 0.308. The lowest BCUT2D eigenvalue weighted by molar-refractivity contribution is 0.154. The Morgan fingerprint density at radius 2 is 1.91 bits per heavy atom. The van der Waals surface area contributed by atoms with Crippen LogP contribution in [-0.4, -0.2) is 39.1 Å². The number of hydrogen-bond acceptors (Lipinski definition) is 2. The fourth-order valence-corrected chi connectivity index (χ4v) is 5.06. The summed E-state index contributed by atoms with van der Waals surface area (Å²) in [6.07, 6.45) is 5.09. The first-order chi connectivity index (χ1) is 16.8. The number of hydrogen-bond donors (Lipinski definition) is 2. The Balaban J connectivity index is 1.41. The molecule has 35 heavy (non-hydrogen) atoms. The van der Waals surface area contributed by atoms with Gasteiger partial charge >= 0.3 is 6.03 Å². The lowest BCUT2D eigenvalue weighted by atomic mass is 9.70. The van der Waals surface area contributed by atoms with Crippen molar-refractivity contribution in [3.63, 3.8) is 0 Å². The molecule has 0 atom stereocenters. The van der Waals surface area contributed by atoms with Crippen LogP contribution in [0.5, 0.6) is 0 Å². The number of H-pyrrole nitrogens is 1. The van der Waals surface area contributed by atoms with E-state index in [1.165, 1.54) is 18.2 Å². The number of carbonyl (C=O) groups excluding carboxylic acids is 1. The molecule has 5 rings (SSSR count). The first kappa shape index (κ1) is 23.0. The van der Waals surface area contributed by atoms with Crippen LogP contribution >= 0.6 is 0 Å². The minimum Gasteiger partial charge on any atom is -0.352 e. The Bertz CT molecular complexity index is 1370. The lowest BCUT2D eigenvalue weighted by Gasteiger charge is -2.39. The smallest absolute Gasteiger partial charge is 0.317 e. The van der Waals surface area contributed by atoms with Crippen molar-refractivity contribution in [2.24, 2.45) is 13.0 Å². The van der Waals surface area contributed by atoms with Gasteiger partial charge in [0.2, 0.25) is 0 Å². The highest BCUT2D eigenvalue weighted by molar-refractivity contribution is 5.92. The first-order valence-electron chi connectivity index (χ1n) is 11.5. The minimum atomic E-state index is -0.661. The van der Waals surface area contributed by atoms with Crippen LogP contribution in [0.4, 0.5) is 18.0 Å². The number of nitrogens with zero attached hydrogens (tertiary/aromatic N) is 3. The highest BCUT2D eigenvalue weighted by atomic mass is 19.1. The zero-order valence-corrected chi connectivity index (χ0v) is 19.5. The third-order valence-corrected chi connectivity index (χ3v) is 6.73. The Morgan fingerprint density at radius 1 is 1.17 bits per heavy atom. The Kier molecular flexibility index (Phi) is 6.00. The molecule has 1 fully saturated rings. The molecule has 1 aliphatic carbocycles. The van der Waals surface area contributed by atoms with Crippen LogP contribution in [0.25, 0.3) is 22.2 Å². The fourth-order valence-electron chi connectivity index (χ4n) is 5.06. The molecule has 182 valence electrons. The third kappa shape index (κ3) is 4.50. The Hall–Kier alpha value is -3.75. The van der Waals surface area contributed by atoms with E-state index in [-0.39, 0.29) is 29.2 Å². The standard InChI is InChI=1S/C26H26F3N5O/c1-30-26(35)34(13-20-12-33(2)14-31-20)11-15-7-17(8-15)23-21-9-19(28)10-22(29)25(21)32-24(23)16-3-5-18(27)6-4-16/h3-6,9-10,12,14-15,17,32H,7-8,11,13H2,1-2H3,(H,30,35). The molecular formula is C26H26F3N5O. The summed E-state index contributed by atoms with van der Waals surface area (Å²) in [5, 5.41) is 3.19. The van der Waals surface area contributed by atoms with Gasteiger partial charge in [0, 0.05) is 38.3 Å². The van der Waals surface area contributed by atoms with Gasteiger partial charge in [-0.3, -0.25) is 0 Å². The molecule has 9 heteroatoms. The van der Waals surface area contributed by atoms with Crippen LogP contribution in [0.1, 0.15) is 30.0 Å². The molecule has 2 heterocycles. The zero-order valence-electron chi connectivity index (χ0n) is 19.5. The first-order valence-corrected chi connectivity index (χ1v) is 11.5. The van der Waals surface area contributed by atoms with Crippen molar-refractivity contribution in [2.75, 3.05) is 13.6 Å². The van der Waals surface area contributed by atoms with Crippen molar-refractivity contribution in [1.82, 2.24) is 24.8 Å². The van der Waals surface area contributed by atoms with Gasteiger partial charge in [0.1, 0.15) is 17.5 Å². The number of benzene rings is 2. The predicted molar refractivity (Wildman–Crippen MR) is 127 cm³/mol. The van der Waals surface area contributed by atoms with Gasteiger partial charge < -0.3 is 19.8 Å². The molecule has 0 bridgehead atoms. The second kappa shape index (κ2) is 9.13. The molecule has 2 aromatic carbocycles. The maximum Gasteiger partial charge on any atom is 0.317 e. The lowest BCUT2D eigenvalue weighted by Crippen LogP contribution is -2.43. The normalized spacial score (nSPS) is 17.4. The van der Waals surface area contributed by atoms with Gasteiger partial charge in [0.15, 0.2) is 0 Å². The van der Waals surface area contributed by atoms with Crippen LogP contribution in [0.15, 0.2) is 48.9 Å². The molecule has 2 N–H and O–H groups in total. The van der Waals surface area contributed by atoms with Crippen LogP contribution in [0, 0.1) is 23.4 Å². The topological polar surface area (TPSA) is 66.0 Å². The number of rotatable bonds is 6. The van der Waals surface area contributed by atoms with Crippen molar-refractivity contribution in [3.8, 4) is 11.3 Å². The molecule has 4 aromatic rings. The van der Waals surface area contributed by atoms with Crippen LogP contribution in [0.3, 0.4) is 0 Å². The van der Waals surface area contributed by atoms with E-state index in [2.05, 4.69) is 15.3 Å². The summed E-state index contributed by atoms with van der Waals surface area (Å²) < 4.78 is 44.1. The summed E-state index contributed by atoms with van der Waals surface area (Å²) in [7, 11) is 3.48. The summed E-state index contributed by atoms with van der Waals surface area (Å²) >= 11 is 0. The van der Waals surface area contributed by atoms with Crippen molar-refractivity contribution < 1.29 is 18.0 Å². The van der Waals surface area contributed by atoms with Crippen LogP contribution in [0.2, 0.25) is 0 Å². The third-order valence-electron chi connectivity index (χ3n) is 6.73. The summed E-state index contributed by atoms with van der Waals surface area (Å²) in [5.41, 5.74) is 3.25. The van der Waals surface area contributed by atoms with E-state index in [1.54, 1.807) is 30.4 Å². The second-order valence-corrected chi connectivity index (χ2v) is 9.23. The Morgan fingerprint density at radius 3 is 2.57 bits per heavy atom. The van der Waals surface area contributed by atoms with Crippen molar-refractivity contribution in [3.05, 3.63) is 77.6 Å². The van der Waals surface area contributed by atoms with E-state index >= 15 is 0 Å². The monoisotopic (exact) mass is 481 g/mol. The number of nitrogens with one attached hydrogen (secondary N) is 2. The molecule has 2 amide bonds. The number of imidazole rings is 1. The van der Waals surface area contributed by atoms with Crippen molar-refractivity contribution in [1.29, 1.82) is 0 Å². The van der Waals surface area contributed by atoms with Gasteiger partial charge in [-0.1, -0.05) is 0 Å². The van der Waals surface area contributed by atoms with E-state index in [0.717, 1.165) is 30.2 Å². The van der Waals surface area contributed by atoms with Gasteiger partial charge in [0.25, 0.3) is 0 Å². The number of aryl methyl sites for hydroxylation is 1. The zero-order chi connectivity index (χ0) is 24.7. The maximum absolute atomic E-state index is 14.6. The molecule has 0 aliphatic heterocycles. The number of carbonyl (C=O) groups is 1. The van der Waals surface area contributed by atoms with Crippen LogP contribution in [-0.2, 0) is 13.6 Å². The average molecular weight is 482 g/mol. The van der Waals surface area contributed by atoms with Crippen molar-refractivity contribution >= 4 is 16.9 Å². The number of urea groups is 1. The van der Waals surface area contributed by atoms with E-state index in [4.69, 9.17) is 0 Å². The maximum atomic E-state index is 14.6. The van der Waals surface area contributed by atoms with Gasteiger partial charge in [-0.25, -0.2) is 22.9 Å². The molecule has 2 aromatic heterocycles. The summed E-state index contributed by atoms with van der Waals surface area (Å²) in [5.74, 6) is -1.39. The second-order valence-electron chi connectivity index (χ2n) is 9.23. The quantitative estimate of drug-likeness (QED) is 0.391. The van der Waals surface area contributed by atoms with E-state index < -0.39 is 11.6 Å². The SMILES string of the molecule is CNC(=O)N(Cc1cn(C)cn1)CC1CC(c2c(-c3ccc(F)cc3)[nH]c3c(F)cc(F)cc23)C1. The number of halogens is 3. The van der Waals surface area contributed by atoms with E-state index in [0.29, 0.717) is 29.7 Å². The number of aromatic amines is 1. The highest BCUT2D eigenvalue weighted by Gasteiger charge is 2.36. The van der Waals surface area contributed by atoms with Gasteiger partial charge in [0.05, 0.1) is 29.8 Å². The largest absolute Gasteiger partial charge is 0.352 e. The predicted octanol–water partition coefficient (Wildman–Crippen LogP) is 5.32. The van der Waals surface area contributed by atoms with E-state index in [1.807, 2.05) is 17.8 Å². The molecule has 1 saturated carbocycles. The number of aromatic nitrogens is 3. The highest BCUT2D eigenvalue weighted by Crippen LogP contribution is 2.48. The molecule has 0 spiro atoms. The average Bonchev–Trinajstić information content (AvgIpc) is 3.38. The van der Waals surface area contributed by atoms with Gasteiger partial charge in [-0.15, -0.1) is 0 Å². The van der Waals surface area contributed by atoms with Gasteiger partial charge in [-0.2, -0.15) is 0 Å². The van der Waals surface area contributed by atoms with Crippen molar-refractivity contribution in [2.45, 2.75) is 25.3 Å². The van der Waals surface area contributed by atoms with Crippen LogP contribution < -0.4 is 5.32 Å². The molecule has 0 unspecified atom stereocenters. The molecule has 1 aliphatic rings. The molecule has 0 saturated heterocycles. The summed E-state index contributed by atoms with van der Waals surface area (Å²) in [4.78, 5) is 21.7. The molecule has 6 nitrogen and oxygen atoms in total. The summed E-state index contributed by atoms with van der Waals surface area (Å²) in [6.45, 7) is 0.940. The van der Waals surface area contributed by atoms with Gasteiger partial charge in [-0.05, 0) is 66.1 Å². The minimum absolute atomic E-state index is 0.0522. The number of fused-ring (bicyclic) bond motifs is 1.